The van der Waals surface area contributed by atoms with Crippen molar-refractivity contribution in [2.24, 2.45) is 11.7 Å². The minimum Gasteiger partial charge on any atom is -0.371 e. The summed E-state index contributed by atoms with van der Waals surface area (Å²) in [5.41, 5.74) is 5.89. The summed E-state index contributed by atoms with van der Waals surface area (Å²) in [7, 11) is 0. The van der Waals surface area contributed by atoms with Gasteiger partial charge in [0, 0.05) is 25.3 Å². The van der Waals surface area contributed by atoms with E-state index in [2.05, 4.69) is 11.8 Å². The van der Waals surface area contributed by atoms with E-state index in [1.54, 1.807) is 12.1 Å². The smallest absolute Gasteiger partial charge is 0.371 e. The Hall–Kier alpha value is -1.23. The van der Waals surface area contributed by atoms with Gasteiger partial charge in [0.05, 0.1) is 5.56 Å². The van der Waals surface area contributed by atoms with E-state index in [0.717, 1.165) is 37.7 Å². The van der Waals surface area contributed by atoms with Crippen molar-refractivity contribution in [3.63, 3.8) is 0 Å². The Morgan fingerprint density at radius 3 is 2.70 bits per heavy atom. The first kappa shape index (κ1) is 15.2. The Morgan fingerprint density at radius 1 is 1.35 bits per heavy atom. The van der Waals surface area contributed by atoms with Crippen LogP contribution in [0.25, 0.3) is 0 Å². The lowest BCUT2D eigenvalue weighted by molar-refractivity contribution is -0.138. The molecule has 2 rings (SSSR count). The minimum absolute atomic E-state index is 0.0884. The fourth-order valence-corrected chi connectivity index (χ4v) is 2.93. The third-order valence-electron chi connectivity index (χ3n) is 3.96. The molecule has 1 aromatic rings. The first-order valence-corrected chi connectivity index (χ1v) is 7.10. The molecule has 20 heavy (non-hydrogen) atoms. The van der Waals surface area contributed by atoms with Crippen molar-refractivity contribution in [1.82, 2.24) is 0 Å². The molecule has 5 heteroatoms. The molecule has 0 aromatic heterocycles. The first-order valence-electron chi connectivity index (χ1n) is 7.10. The van der Waals surface area contributed by atoms with Crippen LogP contribution in [-0.2, 0) is 12.7 Å². The fraction of sp³-hybridized carbons (Fsp3) is 0.600. The second-order valence-electron chi connectivity index (χ2n) is 5.43. The number of anilines is 1. The summed E-state index contributed by atoms with van der Waals surface area (Å²) in [5.74, 6) is 0.656. The van der Waals surface area contributed by atoms with E-state index in [4.69, 9.17) is 5.73 Å². The van der Waals surface area contributed by atoms with Crippen LogP contribution in [0, 0.1) is 5.92 Å². The van der Waals surface area contributed by atoms with Crippen LogP contribution >= 0.6 is 0 Å². The molecule has 0 bridgehead atoms. The van der Waals surface area contributed by atoms with Crippen molar-refractivity contribution in [2.75, 3.05) is 18.0 Å². The summed E-state index contributed by atoms with van der Waals surface area (Å²) in [6.07, 6.45) is -0.879. The average molecular weight is 286 g/mol. The standard InChI is InChI=1S/C15H21F3N2/c1-2-3-11-6-7-20(10-11)13-4-5-14(15(16,17)18)12(8-13)9-19/h4-5,8,11H,2-3,6-7,9-10,19H2,1H3. The van der Waals surface area contributed by atoms with Gasteiger partial charge in [0.25, 0.3) is 0 Å². The first-order chi connectivity index (χ1) is 9.45. The van der Waals surface area contributed by atoms with Crippen LogP contribution in [0.1, 0.15) is 37.3 Å². The zero-order valence-corrected chi connectivity index (χ0v) is 11.7. The lowest BCUT2D eigenvalue weighted by Gasteiger charge is -2.21. The number of hydrogen-bond donors (Lipinski definition) is 1. The topological polar surface area (TPSA) is 29.3 Å². The van der Waals surface area contributed by atoms with Crippen molar-refractivity contribution in [2.45, 2.75) is 38.9 Å². The molecule has 0 spiro atoms. The van der Waals surface area contributed by atoms with Crippen molar-refractivity contribution in [3.05, 3.63) is 29.3 Å². The van der Waals surface area contributed by atoms with Crippen LogP contribution in [0.4, 0.5) is 18.9 Å². The van der Waals surface area contributed by atoms with Crippen molar-refractivity contribution >= 4 is 5.69 Å². The molecule has 1 heterocycles. The van der Waals surface area contributed by atoms with E-state index < -0.39 is 11.7 Å². The zero-order valence-electron chi connectivity index (χ0n) is 11.7. The molecule has 1 aromatic carbocycles. The number of nitrogens with zero attached hydrogens (tertiary/aromatic N) is 1. The third kappa shape index (κ3) is 3.26. The lowest BCUT2D eigenvalue weighted by Crippen LogP contribution is -2.21. The molecule has 1 fully saturated rings. The van der Waals surface area contributed by atoms with Gasteiger partial charge >= 0.3 is 6.18 Å². The van der Waals surface area contributed by atoms with Crippen LogP contribution in [0.15, 0.2) is 18.2 Å². The van der Waals surface area contributed by atoms with Crippen molar-refractivity contribution < 1.29 is 13.2 Å². The molecule has 1 aliphatic rings. The Labute approximate surface area is 117 Å². The Bertz CT molecular complexity index is 457. The highest BCUT2D eigenvalue weighted by molar-refractivity contribution is 5.52. The maximum Gasteiger partial charge on any atom is 0.416 e. The Balaban J connectivity index is 2.18. The summed E-state index contributed by atoms with van der Waals surface area (Å²) in [4.78, 5) is 2.17. The molecule has 1 unspecified atom stereocenters. The average Bonchev–Trinajstić information content (AvgIpc) is 2.86. The fourth-order valence-electron chi connectivity index (χ4n) is 2.93. The van der Waals surface area contributed by atoms with Gasteiger partial charge in [-0.1, -0.05) is 13.3 Å². The Kier molecular flexibility index (Phi) is 4.58. The van der Waals surface area contributed by atoms with Gasteiger partial charge in [-0.15, -0.1) is 0 Å². The van der Waals surface area contributed by atoms with Gasteiger partial charge in [0.2, 0.25) is 0 Å². The highest BCUT2D eigenvalue weighted by Gasteiger charge is 2.33. The second-order valence-corrected chi connectivity index (χ2v) is 5.43. The molecule has 1 atom stereocenters. The molecule has 2 nitrogen and oxygen atoms in total. The van der Waals surface area contributed by atoms with Gasteiger partial charge in [0.1, 0.15) is 0 Å². The van der Waals surface area contributed by atoms with E-state index in [-0.39, 0.29) is 12.1 Å². The third-order valence-corrected chi connectivity index (χ3v) is 3.96. The van der Waals surface area contributed by atoms with Crippen LogP contribution in [0.2, 0.25) is 0 Å². The quantitative estimate of drug-likeness (QED) is 0.912. The molecular weight excluding hydrogens is 265 g/mol. The predicted molar refractivity (Wildman–Crippen MR) is 74.6 cm³/mol. The van der Waals surface area contributed by atoms with Gasteiger partial charge in [-0.3, -0.25) is 0 Å². The molecule has 0 radical (unpaired) electrons. The molecule has 0 aliphatic carbocycles. The normalized spacial score (nSPS) is 19.6. The van der Waals surface area contributed by atoms with Crippen LogP contribution < -0.4 is 10.6 Å². The molecule has 0 saturated carbocycles. The summed E-state index contributed by atoms with van der Waals surface area (Å²) in [5, 5.41) is 0. The van der Waals surface area contributed by atoms with Gasteiger partial charge in [-0.25, -0.2) is 0 Å². The van der Waals surface area contributed by atoms with E-state index in [9.17, 15) is 13.2 Å². The summed E-state index contributed by atoms with van der Waals surface area (Å²) in [6, 6.07) is 4.32. The zero-order chi connectivity index (χ0) is 14.8. The number of alkyl halides is 3. The van der Waals surface area contributed by atoms with Gasteiger partial charge in [0.15, 0.2) is 0 Å². The maximum atomic E-state index is 12.8. The molecule has 1 saturated heterocycles. The number of benzene rings is 1. The molecule has 1 aliphatic heterocycles. The van der Waals surface area contributed by atoms with E-state index >= 15 is 0 Å². The van der Waals surface area contributed by atoms with Gasteiger partial charge in [-0.05, 0) is 42.5 Å². The summed E-state index contributed by atoms with van der Waals surface area (Å²) in [6.45, 7) is 3.92. The monoisotopic (exact) mass is 286 g/mol. The minimum atomic E-state index is -4.33. The van der Waals surface area contributed by atoms with Gasteiger partial charge < -0.3 is 10.6 Å². The highest BCUT2D eigenvalue weighted by atomic mass is 19.4. The largest absolute Gasteiger partial charge is 0.416 e. The molecule has 0 amide bonds. The molecule has 2 N–H and O–H groups in total. The number of halogens is 3. The van der Waals surface area contributed by atoms with Crippen LogP contribution in [0.3, 0.4) is 0 Å². The van der Waals surface area contributed by atoms with Gasteiger partial charge in [-0.2, -0.15) is 13.2 Å². The summed E-state index contributed by atoms with van der Waals surface area (Å²) < 4.78 is 38.5. The van der Waals surface area contributed by atoms with Crippen molar-refractivity contribution in [1.29, 1.82) is 0 Å². The van der Waals surface area contributed by atoms with Crippen LogP contribution in [-0.4, -0.2) is 13.1 Å². The van der Waals surface area contributed by atoms with Crippen molar-refractivity contribution in [3.8, 4) is 0 Å². The number of hydrogen-bond acceptors (Lipinski definition) is 2. The van der Waals surface area contributed by atoms with E-state index in [1.807, 2.05) is 0 Å². The Morgan fingerprint density at radius 2 is 2.10 bits per heavy atom. The maximum absolute atomic E-state index is 12.8. The predicted octanol–water partition coefficient (Wildman–Crippen LogP) is 3.79. The number of nitrogens with two attached hydrogens (primary N) is 1. The highest BCUT2D eigenvalue weighted by Crippen LogP contribution is 2.35. The number of rotatable bonds is 4. The molecule has 112 valence electrons. The lowest BCUT2D eigenvalue weighted by atomic mass is 10.0. The summed E-state index contributed by atoms with van der Waals surface area (Å²) >= 11 is 0. The SMILES string of the molecule is CCCC1CCN(c2ccc(C(F)(F)F)c(CN)c2)C1. The molecular formula is C15H21F3N2. The van der Waals surface area contributed by atoms with E-state index in [0.29, 0.717) is 5.92 Å². The second kappa shape index (κ2) is 6.04. The van der Waals surface area contributed by atoms with E-state index in [1.165, 1.54) is 6.42 Å². The van der Waals surface area contributed by atoms with Crippen LogP contribution in [0.5, 0.6) is 0 Å².